The van der Waals surface area contributed by atoms with E-state index in [4.69, 9.17) is 13.9 Å². The molecule has 0 spiro atoms. The topological polar surface area (TPSA) is 60.7 Å². The molecule has 2 fully saturated rings. The Morgan fingerprint density at radius 2 is 1.96 bits per heavy atom. The summed E-state index contributed by atoms with van der Waals surface area (Å²) in [7, 11) is 0. The fraction of sp³-hybridized carbons (Fsp3) is 0.450. The molecule has 5 nitrogen and oxygen atoms in total. The first-order valence-electron chi connectivity index (χ1n) is 9.05. The number of furan rings is 1. The fourth-order valence-corrected chi connectivity index (χ4v) is 4.35. The Morgan fingerprint density at radius 1 is 1.12 bits per heavy atom. The van der Waals surface area contributed by atoms with E-state index in [0.717, 1.165) is 24.2 Å². The summed E-state index contributed by atoms with van der Waals surface area (Å²) in [5.41, 5.74) is 1.01. The number of nitrogens with one attached hydrogen (secondary N) is 1. The molecule has 3 unspecified atom stereocenters. The second-order valence-corrected chi connectivity index (χ2v) is 7.31. The van der Waals surface area contributed by atoms with E-state index in [9.17, 15) is 4.79 Å². The molecule has 1 aromatic carbocycles. The Balaban J connectivity index is 1.33. The summed E-state index contributed by atoms with van der Waals surface area (Å²) in [6, 6.07) is 10.6. The van der Waals surface area contributed by atoms with Gasteiger partial charge in [-0.1, -0.05) is 6.07 Å². The zero-order valence-electron chi connectivity index (χ0n) is 13.9. The van der Waals surface area contributed by atoms with Crippen LogP contribution < -0.4 is 14.8 Å². The monoisotopic (exact) mass is 339 g/mol. The van der Waals surface area contributed by atoms with Gasteiger partial charge in [-0.25, -0.2) is 0 Å². The lowest BCUT2D eigenvalue weighted by atomic mass is 9.94. The largest absolute Gasteiger partial charge is 0.490 e. The van der Waals surface area contributed by atoms with E-state index in [2.05, 4.69) is 5.32 Å². The third-order valence-corrected chi connectivity index (χ3v) is 5.58. The van der Waals surface area contributed by atoms with Gasteiger partial charge in [-0.2, -0.15) is 0 Å². The number of piperidine rings is 1. The number of carbonyl (C=O) groups is 1. The van der Waals surface area contributed by atoms with Crippen molar-refractivity contribution in [2.45, 2.75) is 56.2 Å². The van der Waals surface area contributed by atoms with E-state index in [1.54, 1.807) is 12.3 Å². The van der Waals surface area contributed by atoms with Gasteiger partial charge in [0, 0.05) is 18.2 Å². The van der Waals surface area contributed by atoms with Crippen molar-refractivity contribution >= 4 is 5.97 Å². The maximum absolute atomic E-state index is 12.3. The van der Waals surface area contributed by atoms with Crippen molar-refractivity contribution in [1.82, 2.24) is 5.32 Å². The van der Waals surface area contributed by atoms with Crippen molar-refractivity contribution in [2.75, 3.05) is 0 Å². The third kappa shape index (κ3) is 2.82. The van der Waals surface area contributed by atoms with Crippen LogP contribution >= 0.6 is 0 Å². The van der Waals surface area contributed by atoms with Crippen molar-refractivity contribution in [1.29, 1.82) is 0 Å². The molecule has 2 aromatic rings. The van der Waals surface area contributed by atoms with Gasteiger partial charge >= 0.3 is 5.97 Å². The smallest absolute Gasteiger partial charge is 0.322 e. The van der Waals surface area contributed by atoms with E-state index in [1.807, 2.05) is 24.3 Å². The predicted octanol–water partition coefficient (Wildman–Crippen LogP) is 3.19. The molecule has 2 bridgehead atoms. The first kappa shape index (κ1) is 15.0. The molecule has 0 saturated carbocycles. The van der Waals surface area contributed by atoms with Crippen LogP contribution in [0.5, 0.6) is 11.5 Å². The van der Waals surface area contributed by atoms with E-state index in [1.165, 1.54) is 12.8 Å². The molecule has 1 aromatic heterocycles. The average molecular weight is 339 g/mol. The highest BCUT2D eigenvalue weighted by molar-refractivity contribution is 5.82. The highest BCUT2D eigenvalue weighted by Crippen LogP contribution is 2.37. The van der Waals surface area contributed by atoms with Gasteiger partial charge in [0.25, 0.3) is 0 Å². The summed E-state index contributed by atoms with van der Waals surface area (Å²) in [5, 5.41) is 3.62. The van der Waals surface area contributed by atoms with Crippen LogP contribution in [0.2, 0.25) is 0 Å². The third-order valence-electron chi connectivity index (χ3n) is 5.58. The predicted molar refractivity (Wildman–Crippen MR) is 90.8 cm³/mol. The first-order valence-corrected chi connectivity index (χ1v) is 9.05. The van der Waals surface area contributed by atoms with E-state index in [0.29, 0.717) is 30.0 Å². The van der Waals surface area contributed by atoms with Gasteiger partial charge < -0.3 is 19.2 Å². The van der Waals surface area contributed by atoms with E-state index < -0.39 is 0 Å². The molecule has 3 aliphatic rings. The number of fused-ring (bicyclic) bond motifs is 3. The van der Waals surface area contributed by atoms with Crippen LogP contribution in [0.4, 0.5) is 0 Å². The van der Waals surface area contributed by atoms with Crippen LogP contribution in [0.1, 0.15) is 42.9 Å². The van der Waals surface area contributed by atoms with Crippen molar-refractivity contribution in [3.63, 3.8) is 0 Å². The molecule has 4 heterocycles. The highest BCUT2D eigenvalue weighted by Gasteiger charge is 2.35. The van der Waals surface area contributed by atoms with Gasteiger partial charge in [0.1, 0.15) is 29.3 Å². The molecule has 5 rings (SSSR count). The lowest BCUT2D eigenvalue weighted by Crippen LogP contribution is -2.42. The number of esters is 1. The summed E-state index contributed by atoms with van der Waals surface area (Å²) in [6.07, 6.45) is 7.02. The number of ether oxygens (including phenoxy) is 2. The minimum atomic E-state index is -0.366. The molecule has 3 aliphatic heterocycles. The molecule has 2 saturated heterocycles. The van der Waals surface area contributed by atoms with Gasteiger partial charge in [-0.15, -0.1) is 0 Å². The molecule has 1 N–H and O–H groups in total. The van der Waals surface area contributed by atoms with Gasteiger partial charge in [0.15, 0.2) is 0 Å². The van der Waals surface area contributed by atoms with Gasteiger partial charge in [0.05, 0.1) is 6.26 Å². The van der Waals surface area contributed by atoms with Crippen LogP contribution in [0, 0.1) is 0 Å². The van der Waals surface area contributed by atoms with Crippen molar-refractivity contribution < 1.29 is 18.7 Å². The van der Waals surface area contributed by atoms with Gasteiger partial charge in [-0.05, 0) is 55.9 Å². The summed E-state index contributed by atoms with van der Waals surface area (Å²) in [5.74, 6) is 1.42. The second-order valence-electron chi connectivity index (χ2n) is 7.31. The standard InChI is InChI=1S/C20H21NO4/c22-20-17(18-2-1-7-23-18)8-12-3-6-15(11-19(12)25-20)24-16-9-13-4-5-14(10-16)21-13/h1-3,6-7,11,13-14,16-17,21H,4-5,8-10H2. The Hall–Kier alpha value is -2.27. The van der Waals surface area contributed by atoms with Gasteiger partial charge in [-0.3, -0.25) is 4.79 Å². The molecule has 0 radical (unpaired) electrons. The van der Waals surface area contributed by atoms with Crippen molar-refractivity contribution in [3.05, 3.63) is 47.9 Å². The summed E-state index contributed by atoms with van der Waals surface area (Å²) < 4.78 is 17.1. The zero-order valence-corrected chi connectivity index (χ0v) is 13.9. The number of carbonyl (C=O) groups excluding carboxylic acids is 1. The zero-order chi connectivity index (χ0) is 16.8. The normalized spacial score (nSPS) is 30.6. The molecule has 3 atom stereocenters. The lowest BCUT2D eigenvalue weighted by molar-refractivity contribution is -0.137. The van der Waals surface area contributed by atoms with Gasteiger partial charge in [0.2, 0.25) is 0 Å². The number of rotatable bonds is 3. The fourth-order valence-electron chi connectivity index (χ4n) is 4.35. The minimum Gasteiger partial charge on any atom is -0.490 e. The SMILES string of the molecule is O=C1Oc2cc(OC3CC4CCC(C3)N4)ccc2CC1c1ccco1. The minimum absolute atomic E-state index is 0.243. The Kier molecular flexibility index (Phi) is 3.55. The molecule has 0 aliphatic carbocycles. The second kappa shape index (κ2) is 5.92. The van der Waals surface area contributed by atoms with Crippen molar-refractivity contribution in [3.8, 4) is 11.5 Å². The summed E-state index contributed by atoms with van der Waals surface area (Å²) in [4.78, 5) is 12.3. The Bertz CT molecular complexity index is 773. The molecular formula is C20H21NO4. The first-order chi connectivity index (χ1) is 12.2. The molecule has 130 valence electrons. The number of hydrogen-bond acceptors (Lipinski definition) is 5. The average Bonchev–Trinajstić information content (AvgIpc) is 3.24. The van der Waals surface area contributed by atoms with Crippen LogP contribution in [0.15, 0.2) is 41.0 Å². The molecule has 0 amide bonds. The Morgan fingerprint density at radius 3 is 2.72 bits per heavy atom. The lowest BCUT2D eigenvalue weighted by Gasteiger charge is -2.30. The maximum Gasteiger partial charge on any atom is 0.322 e. The van der Waals surface area contributed by atoms with E-state index in [-0.39, 0.29) is 18.0 Å². The summed E-state index contributed by atoms with van der Waals surface area (Å²) >= 11 is 0. The highest BCUT2D eigenvalue weighted by atomic mass is 16.5. The van der Waals surface area contributed by atoms with Crippen LogP contribution in [-0.4, -0.2) is 24.2 Å². The quantitative estimate of drug-likeness (QED) is 0.687. The van der Waals surface area contributed by atoms with Crippen LogP contribution in [0.25, 0.3) is 0 Å². The number of benzene rings is 1. The molecule has 25 heavy (non-hydrogen) atoms. The van der Waals surface area contributed by atoms with E-state index >= 15 is 0 Å². The van der Waals surface area contributed by atoms with Crippen LogP contribution in [-0.2, 0) is 11.2 Å². The summed E-state index contributed by atoms with van der Waals surface area (Å²) in [6.45, 7) is 0. The van der Waals surface area contributed by atoms with Crippen LogP contribution in [0.3, 0.4) is 0 Å². The maximum atomic E-state index is 12.3. The molecule has 5 heteroatoms. The Labute approximate surface area is 146 Å². The number of hydrogen-bond donors (Lipinski definition) is 1. The molecular weight excluding hydrogens is 318 g/mol. The van der Waals surface area contributed by atoms with Crippen molar-refractivity contribution in [2.24, 2.45) is 0 Å².